The van der Waals surface area contributed by atoms with Crippen LogP contribution in [-0.2, 0) is 23.7 Å². The van der Waals surface area contributed by atoms with Crippen LogP contribution in [0.25, 0.3) is 0 Å². The van der Waals surface area contributed by atoms with Gasteiger partial charge < -0.3 is 25.4 Å². The highest BCUT2D eigenvalue weighted by atomic mass is 16.6. The first-order chi connectivity index (χ1) is 23.4. The summed E-state index contributed by atoms with van der Waals surface area (Å²) in [6.07, 6.45) is 15.3. The van der Waals surface area contributed by atoms with E-state index in [0.717, 1.165) is 48.5 Å². The number of piperidine rings is 2. The molecule has 0 unspecified atom stereocenters. The molecule has 4 aliphatic carbocycles. The number of hydrogen-bond donors (Lipinski definition) is 2. The predicted octanol–water partition coefficient (Wildman–Crippen LogP) is 7.49. The van der Waals surface area contributed by atoms with E-state index in [0.29, 0.717) is 17.4 Å². The lowest BCUT2D eigenvalue weighted by atomic mass is 9.52. The summed E-state index contributed by atoms with van der Waals surface area (Å²) in [5.41, 5.74) is 14.0. The summed E-state index contributed by atoms with van der Waals surface area (Å²) in [7, 11) is 3.52. The number of anilines is 2. The first-order valence-corrected chi connectivity index (χ1v) is 18.3. The van der Waals surface area contributed by atoms with Crippen LogP contribution in [0.3, 0.4) is 0 Å². The molecule has 8 heteroatoms. The Kier molecular flexibility index (Phi) is 8.05. The van der Waals surface area contributed by atoms with Gasteiger partial charge in [-0.15, -0.1) is 0 Å². The Balaban J connectivity index is 0.000000153. The molecule has 2 aliphatic heterocycles. The van der Waals surface area contributed by atoms with Crippen LogP contribution in [0.2, 0.25) is 0 Å². The topological polar surface area (TPSA) is 103 Å². The van der Waals surface area contributed by atoms with Crippen molar-refractivity contribution in [1.82, 2.24) is 5.32 Å². The first-order valence-electron chi connectivity index (χ1n) is 18.3. The van der Waals surface area contributed by atoms with Gasteiger partial charge in [-0.25, -0.2) is 0 Å². The fourth-order valence-electron chi connectivity index (χ4n) is 11.3. The lowest BCUT2D eigenvalue weighted by molar-refractivity contribution is -0.383. The molecule has 3 aromatic carbocycles. The molecule has 9 rings (SSSR count). The first kappa shape index (κ1) is 31.5. The van der Waals surface area contributed by atoms with Crippen LogP contribution in [0.4, 0.5) is 17.1 Å². The Labute approximate surface area is 284 Å². The maximum Gasteiger partial charge on any atom is 0.292 e. The van der Waals surface area contributed by atoms with E-state index in [1.165, 1.54) is 81.9 Å². The quantitative estimate of drug-likeness (QED) is 0.171. The maximum absolute atomic E-state index is 11.2. The molecule has 0 amide bonds. The van der Waals surface area contributed by atoms with E-state index in [-0.39, 0.29) is 16.8 Å². The summed E-state index contributed by atoms with van der Waals surface area (Å²) < 4.78 is 11.0. The molecule has 4 fully saturated rings. The van der Waals surface area contributed by atoms with E-state index in [9.17, 15) is 10.1 Å². The zero-order valence-electron chi connectivity index (χ0n) is 28.5. The summed E-state index contributed by atoms with van der Waals surface area (Å²) in [5, 5.41) is 14.9. The second kappa shape index (κ2) is 12.3. The number of nitrogens with zero attached hydrogens (tertiary/aromatic N) is 2. The average Bonchev–Trinajstić information content (AvgIpc) is 3.11. The largest absolute Gasteiger partial charge is 0.497 e. The summed E-state index contributed by atoms with van der Waals surface area (Å²) in [6.45, 7) is 2.15. The number of fused-ring (bicyclic) bond motifs is 2. The SMILES string of the molecule is COc1ccc2c(c1)[C@]13CCCC[C@@H]1[C@H](C2)N(c1ccc([N+](=O)[O-])c(N)c1)CC3.COc1ccc2c(c1)[C@]13CCCC[C@@H]1[C@H](C2)NCC3. The van der Waals surface area contributed by atoms with Crippen molar-refractivity contribution in [3.8, 4) is 11.5 Å². The summed E-state index contributed by atoms with van der Waals surface area (Å²) in [4.78, 5) is 13.2. The van der Waals surface area contributed by atoms with Crippen LogP contribution < -0.4 is 25.4 Å². The van der Waals surface area contributed by atoms with Gasteiger partial charge in [0.25, 0.3) is 5.69 Å². The molecule has 6 atom stereocenters. The van der Waals surface area contributed by atoms with Crippen molar-refractivity contribution in [2.45, 2.75) is 100.0 Å². The Morgan fingerprint density at radius 3 is 2.10 bits per heavy atom. The third kappa shape index (κ3) is 4.96. The van der Waals surface area contributed by atoms with E-state index in [4.69, 9.17) is 15.2 Å². The number of benzene rings is 3. The Hall–Kier alpha value is -3.78. The molecule has 6 aliphatic rings. The van der Waals surface area contributed by atoms with Gasteiger partial charge in [0.1, 0.15) is 17.2 Å². The highest BCUT2D eigenvalue weighted by Gasteiger charge is 2.54. The van der Waals surface area contributed by atoms with Gasteiger partial charge in [-0.1, -0.05) is 37.8 Å². The number of nitrogens with one attached hydrogen (secondary N) is 1. The van der Waals surface area contributed by atoms with Crippen molar-refractivity contribution in [2.75, 3.05) is 37.9 Å². The van der Waals surface area contributed by atoms with Crippen molar-refractivity contribution in [2.24, 2.45) is 11.8 Å². The molecule has 3 N–H and O–H groups in total. The third-order valence-corrected chi connectivity index (χ3v) is 13.4. The standard InChI is InChI=1S/C23H27N3O3.C17H23NO/c1-29-17-7-5-15-12-22-18-4-2-3-9-23(18,19(15)14-17)10-11-25(22)16-6-8-21(26(27)28)20(24)13-16;1-19-13-6-5-12-10-16-14-4-2-3-7-17(14,8-9-18-16)15(12)11-13/h5-8,13-14,18,22H,2-4,9-12,24H2,1H3;5-6,11,14,16,18H,2-4,7-10H2,1H3/t18-,22+,23+;14-,16+,17+/m11/s1. The lowest BCUT2D eigenvalue weighted by Crippen LogP contribution is -2.61. The number of hydrogen-bond acceptors (Lipinski definition) is 7. The van der Waals surface area contributed by atoms with Gasteiger partial charge in [0, 0.05) is 41.2 Å². The minimum absolute atomic E-state index is 0.0149. The van der Waals surface area contributed by atoms with Gasteiger partial charge in [-0.05, 0) is 128 Å². The van der Waals surface area contributed by atoms with Gasteiger partial charge in [0.15, 0.2) is 0 Å². The van der Waals surface area contributed by atoms with Gasteiger partial charge in [0.05, 0.1) is 19.1 Å². The van der Waals surface area contributed by atoms with Crippen LogP contribution >= 0.6 is 0 Å². The fourth-order valence-corrected chi connectivity index (χ4v) is 11.3. The number of nitro benzene ring substituents is 1. The van der Waals surface area contributed by atoms with Crippen molar-refractivity contribution in [1.29, 1.82) is 0 Å². The van der Waals surface area contributed by atoms with Crippen molar-refractivity contribution in [3.63, 3.8) is 0 Å². The van der Waals surface area contributed by atoms with Crippen LogP contribution in [0, 0.1) is 22.0 Å². The molecule has 3 aromatic rings. The fraction of sp³-hybridized carbons (Fsp3) is 0.550. The third-order valence-electron chi connectivity index (χ3n) is 13.4. The molecule has 48 heavy (non-hydrogen) atoms. The summed E-state index contributed by atoms with van der Waals surface area (Å²) >= 11 is 0. The Morgan fingerprint density at radius 1 is 0.812 bits per heavy atom. The number of methoxy groups -OCH3 is 2. The highest BCUT2D eigenvalue weighted by Crippen LogP contribution is 2.57. The van der Waals surface area contributed by atoms with E-state index in [1.54, 1.807) is 37.5 Å². The Bertz CT molecular complexity index is 1710. The smallest absolute Gasteiger partial charge is 0.292 e. The number of rotatable bonds is 4. The minimum atomic E-state index is -0.411. The molecule has 0 spiro atoms. The van der Waals surface area contributed by atoms with Crippen LogP contribution in [0.1, 0.15) is 86.5 Å². The summed E-state index contributed by atoms with van der Waals surface area (Å²) in [6, 6.07) is 19.7. The normalized spacial score (nSPS) is 31.1. The van der Waals surface area contributed by atoms with Crippen LogP contribution in [-0.4, -0.2) is 44.3 Å². The second-order valence-corrected chi connectivity index (χ2v) is 15.3. The molecule has 4 bridgehead atoms. The highest BCUT2D eigenvalue weighted by molar-refractivity contribution is 5.67. The molecule has 254 valence electrons. The van der Waals surface area contributed by atoms with Gasteiger partial charge in [0.2, 0.25) is 0 Å². The van der Waals surface area contributed by atoms with Gasteiger partial charge in [-0.3, -0.25) is 10.1 Å². The van der Waals surface area contributed by atoms with E-state index in [2.05, 4.69) is 46.6 Å². The second-order valence-electron chi connectivity index (χ2n) is 15.3. The summed E-state index contributed by atoms with van der Waals surface area (Å²) in [5.74, 6) is 3.44. The predicted molar refractivity (Wildman–Crippen MR) is 190 cm³/mol. The maximum atomic E-state index is 11.2. The molecule has 2 heterocycles. The molecule has 2 saturated carbocycles. The Morgan fingerprint density at radius 2 is 1.46 bits per heavy atom. The van der Waals surface area contributed by atoms with Crippen molar-refractivity contribution < 1.29 is 14.4 Å². The zero-order chi connectivity index (χ0) is 33.0. The van der Waals surface area contributed by atoms with Crippen molar-refractivity contribution in [3.05, 3.63) is 87.0 Å². The lowest BCUT2D eigenvalue weighted by Gasteiger charge is -2.59. The van der Waals surface area contributed by atoms with E-state index < -0.39 is 4.92 Å². The van der Waals surface area contributed by atoms with Crippen LogP contribution in [0.5, 0.6) is 11.5 Å². The molecular formula is C40H50N4O4. The molecule has 0 aromatic heterocycles. The van der Waals surface area contributed by atoms with E-state index in [1.807, 2.05) is 6.07 Å². The molecular weight excluding hydrogens is 600 g/mol. The minimum Gasteiger partial charge on any atom is -0.497 e. The zero-order valence-corrected chi connectivity index (χ0v) is 28.5. The average molecular weight is 651 g/mol. The number of ether oxygens (including phenoxy) is 2. The van der Waals surface area contributed by atoms with Gasteiger partial charge >= 0.3 is 0 Å². The molecule has 2 saturated heterocycles. The molecule has 8 nitrogen and oxygen atoms in total. The number of nitro groups is 1. The van der Waals surface area contributed by atoms with Crippen LogP contribution in [0.15, 0.2) is 54.6 Å². The number of nitrogen functional groups attached to an aromatic ring is 1. The van der Waals surface area contributed by atoms with Crippen molar-refractivity contribution >= 4 is 17.1 Å². The number of nitrogens with two attached hydrogens (primary N) is 1. The van der Waals surface area contributed by atoms with Gasteiger partial charge in [-0.2, -0.15) is 0 Å². The molecule has 0 radical (unpaired) electrons. The van der Waals surface area contributed by atoms with E-state index >= 15 is 0 Å². The monoisotopic (exact) mass is 650 g/mol.